The van der Waals surface area contributed by atoms with Gasteiger partial charge in [0.25, 0.3) is 0 Å². The second-order valence-electron chi connectivity index (χ2n) is 4.67. The summed E-state index contributed by atoms with van der Waals surface area (Å²) in [5.41, 5.74) is 5.75. The Morgan fingerprint density at radius 2 is 2.18 bits per heavy atom. The molecule has 3 atom stereocenters. The highest BCUT2D eigenvalue weighted by atomic mass is 16.5. The average molecular weight is 242 g/mol. The highest BCUT2D eigenvalue weighted by Crippen LogP contribution is 2.23. The van der Waals surface area contributed by atoms with Crippen molar-refractivity contribution in [2.45, 2.75) is 39.2 Å². The Bertz CT molecular complexity index is 281. The van der Waals surface area contributed by atoms with Crippen LogP contribution in [0.15, 0.2) is 0 Å². The summed E-state index contributed by atoms with van der Waals surface area (Å²) in [5, 5.41) is 2.79. The molecule has 0 aliphatic heterocycles. The zero-order valence-corrected chi connectivity index (χ0v) is 10.6. The lowest BCUT2D eigenvalue weighted by atomic mass is 10.1. The molecule has 17 heavy (non-hydrogen) atoms. The molecule has 0 spiro atoms. The Labute approximate surface area is 102 Å². The second-order valence-corrected chi connectivity index (χ2v) is 4.67. The van der Waals surface area contributed by atoms with E-state index in [4.69, 9.17) is 10.5 Å². The lowest BCUT2D eigenvalue weighted by molar-refractivity contribution is -0.147. The zero-order chi connectivity index (χ0) is 12.8. The van der Waals surface area contributed by atoms with E-state index in [2.05, 4.69) is 5.32 Å². The van der Waals surface area contributed by atoms with Crippen molar-refractivity contribution in [2.24, 2.45) is 17.6 Å². The number of esters is 1. The summed E-state index contributed by atoms with van der Waals surface area (Å²) in [7, 11) is 0. The van der Waals surface area contributed by atoms with Gasteiger partial charge in [0.2, 0.25) is 5.91 Å². The van der Waals surface area contributed by atoms with Crippen molar-refractivity contribution in [1.29, 1.82) is 0 Å². The van der Waals surface area contributed by atoms with Crippen LogP contribution in [-0.4, -0.2) is 31.1 Å². The molecular formula is C12H22N2O3. The standard InChI is InChI=1S/C12H22N2O3/c1-3-17-12(16)8(2)7-14-11(15)9-4-5-10(13)6-9/h8-10H,3-7,13H2,1-2H3,(H,14,15). The average Bonchev–Trinajstić information content (AvgIpc) is 2.72. The summed E-state index contributed by atoms with van der Waals surface area (Å²) in [6.45, 7) is 4.22. The predicted octanol–water partition coefficient (Wildman–Crippen LogP) is 0.429. The molecule has 1 aliphatic carbocycles. The summed E-state index contributed by atoms with van der Waals surface area (Å²) in [6.07, 6.45) is 2.51. The largest absolute Gasteiger partial charge is 0.466 e. The third-order valence-electron chi connectivity index (χ3n) is 3.12. The first-order valence-corrected chi connectivity index (χ1v) is 6.24. The van der Waals surface area contributed by atoms with Crippen LogP contribution in [0.1, 0.15) is 33.1 Å². The van der Waals surface area contributed by atoms with Crippen LogP contribution in [0, 0.1) is 11.8 Å². The van der Waals surface area contributed by atoms with E-state index in [9.17, 15) is 9.59 Å². The van der Waals surface area contributed by atoms with Crippen LogP contribution >= 0.6 is 0 Å². The number of hydrogen-bond acceptors (Lipinski definition) is 4. The molecule has 0 heterocycles. The van der Waals surface area contributed by atoms with Gasteiger partial charge in [-0.25, -0.2) is 0 Å². The van der Waals surface area contributed by atoms with Crippen LogP contribution < -0.4 is 11.1 Å². The maximum atomic E-state index is 11.8. The molecule has 3 N–H and O–H groups in total. The molecule has 5 heteroatoms. The van der Waals surface area contributed by atoms with E-state index in [1.54, 1.807) is 13.8 Å². The molecule has 1 rings (SSSR count). The van der Waals surface area contributed by atoms with Gasteiger partial charge in [0.15, 0.2) is 0 Å². The number of amides is 1. The highest BCUT2D eigenvalue weighted by molar-refractivity contribution is 5.80. The Balaban J connectivity index is 2.25. The minimum absolute atomic E-state index is 0.00842. The van der Waals surface area contributed by atoms with Gasteiger partial charge in [0.05, 0.1) is 12.5 Å². The molecule has 1 aliphatic rings. The maximum absolute atomic E-state index is 11.8. The summed E-state index contributed by atoms with van der Waals surface area (Å²) in [5.74, 6) is -0.543. The normalized spacial score (nSPS) is 25.4. The van der Waals surface area contributed by atoms with Crippen LogP contribution in [0.2, 0.25) is 0 Å². The number of carbonyl (C=O) groups excluding carboxylic acids is 2. The van der Waals surface area contributed by atoms with Gasteiger partial charge in [-0.1, -0.05) is 6.92 Å². The molecule has 1 amide bonds. The predicted molar refractivity (Wildman–Crippen MR) is 64.1 cm³/mol. The van der Waals surface area contributed by atoms with Crippen LogP contribution in [0.3, 0.4) is 0 Å². The van der Waals surface area contributed by atoms with Gasteiger partial charge in [0.1, 0.15) is 0 Å². The smallest absolute Gasteiger partial charge is 0.310 e. The maximum Gasteiger partial charge on any atom is 0.310 e. The summed E-state index contributed by atoms with van der Waals surface area (Å²) < 4.78 is 4.87. The molecule has 1 fully saturated rings. The molecule has 98 valence electrons. The summed E-state index contributed by atoms with van der Waals surface area (Å²) in [6, 6.07) is 0.147. The Morgan fingerprint density at radius 3 is 2.71 bits per heavy atom. The van der Waals surface area contributed by atoms with Crippen LogP contribution in [-0.2, 0) is 14.3 Å². The van der Waals surface area contributed by atoms with E-state index in [1.807, 2.05) is 0 Å². The second kappa shape index (κ2) is 6.59. The van der Waals surface area contributed by atoms with Crippen molar-refractivity contribution in [1.82, 2.24) is 5.32 Å². The molecule has 0 aromatic rings. The molecule has 0 aromatic carbocycles. The van der Waals surface area contributed by atoms with E-state index in [0.717, 1.165) is 19.3 Å². The van der Waals surface area contributed by atoms with E-state index in [-0.39, 0.29) is 29.8 Å². The third-order valence-corrected chi connectivity index (χ3v) is 3.12. The fraction of sp³-hybridized carbons (Fsp3) is 0.833. The van der Waals surface area contributed by atoms with Crippen molar-refractivity contribution in [3.05, 3.63) is 0 Å². The Morgan fingerprint density at radius 1 is 1.47 bits per heavy atom. The summed E-state index contributed by atoms with van der Waals surface area (Å²) in [4.78, 5) is 23.1. The van der Waals surface area contributed by atoms with Crippen molar-refractivity contribution < 1.29 is 14.3 Å². The van der Waals surface area contributed by atoms with Crippen molar-refractivity contribution in [3.63, 3.8) is 0 Å². The van der Waals surface area contributed by atoms with Gasteiger partial charge in [-0.05, 0) is 26.2 Å². The van der Waals surface area contributed by atoms with Gasteiger partial charge in [-0.15, -0.1) is 0 Å². The van der Waals surface area contributed by atoms with Gasteiger partial charge in [-0.3, -0.25) is 9.59 Å². The van der Waals surface area contributed by atoms with Gasteiger partial charge >= 0.3 is 5.97 Å². The minimum atomic E-state index is -0.297. The molecule has 3 unspecified atom stereocenters. The first-order valence-electron chi connectivity index (χ1n) is 6.24. The van der Waals surface area contributed by atoms with Crippen molar-refractivity contribution in [3.8, 4) is 0 Å². The Kier molecular flexibility index (Phi) is 5.41. The molecule has 0 bridgehead atoms. The van der Waals surface area contributed by atoms with Crippen LogP contribution in [0.5, 0.6) is 0 Å². The number of nitrogens with two attached hydrogens (primary N) is 1. The van der Waals surface area contributed by atoms with Crippen molar-refractivity contribution >= 4 is 11.9 Å². The number of rotatable bonds is 5. The molecule has 1 saturated carbocycles. The number of carbonyl (C=O) groups is 2. The van der Waals surface area contributed by atoms with Crippen LogP contribution in [0.4, 0.5) is 0 Å². The molecular weight excluding hydrogens is 220 g/mol. The fourth-order valence-electron chi connectivity index (χ4n) is 2.02. The zero-order valence-electron chi connectivity index (χ0n) is 10.6. The first-order chi connectivity index (χ1) is 8.04. The molecule has 0 radical (unpaired) electrons. The number of hydrogen-bond donors (Lipinski definition) is 2. The molecule has 0 aromatic heterocycles. The van der Waals surface area contributed by atoms with Crippen molar-refractivity contribution in [2.75, 3.05) is 13.2 Å². The van der Waals surface area contributed by atoms with Crippen LogP contribution in [0.25, 0.3) is 0 Å². The minimum Gasteiger partial charge on any atom is -0.466 e. The monoisotopic (exact) mass is 242 g/mol. The fourth-order valence-corrected chi connectivity index (χ4v) is 2.02. The SMILES string of the molecule is CCOC(=O)C(C)CNC(=O)C1CCC(N)C1. The van der Waals surface area contributed by atoms with Gasteiger partial charge < -0.3 is 15.8 Å². The van der Waals surface area contributed by atoms with E-state index < -0.39 is 0 Å². The topological polar surface area (TPSA) is 81.4 Å². The number of ether oxygens (including phenoxy) is 1. The van der Waals surface area contributed by atoms with E-state index >= 15 is 0 Å². The lowest BCUT2D eigenvalue weighted by Crippen LogP contribution is -2.36. The highest BCUT2D eigenvalue weighted by Gasteiger charge is 2.28. The molecule has 5 nitrogen and oxygen atoms in total. The lowest BCUT2D eigenvalue weighted by Gasteiger charge is -2.14. The quantitative estimate of drug-likeness (QED) is 0.685. The van der Waals surface area contributed by atoms with Gasteiger partial charge in [0, 0.05) is 18.5 Å². The first kappa shape index (κ1) is 14.0. The third kappa shape index (κ3) is 4.34. The van der Waals surface area contributed by atoms with E-state index in [1.165, 1.54) is 0 Å². The summed E-state index contributed by atoms with van der Waals surface area (Å²) >= 11 is 0. The number of nitrogens with one attached hydrogen (secondary N) is 1. The Hall–Kier alpha value is -1.10. The van der Waals surface area contributed by atoms with E-state index in [0.29, 0.717) is 13.2 Å². The molecule has 0 saturated heterocycles. The van der Waals surface area contributed by atoms with Gasteiger partial charge in [-0.2, -0.15) is 0 Å².